The smallest absolute Gasteiger partial charge is 0.137 e. The zero-order valence-electron chi connectivity index (χ0n) is 47.6. The standard InChI is InChI=1S/C70H78N4O/c1-65(2,3)48-31-32-60-61(40-48)73(45-72(60)53-36-50(67(7,8)9)35-51(37-53)69(13,14)46-25-19-17-20-26-46)54-38-52(70(15,16)47-27-21-18-22-28-47)39-55(42-54)75-56-43-58(68(10,11)12)64-57-29-23-24-30-59(57)74(62(64)44-56)63-41-49(33-34-71-63)66(4,5)6/h17-44H,45H2,1-16H3. The van der Waals surface area contributed by atoms with Crippen LogP contribution in [0.1, 0.15) is 155 Å². The molecule has 0 N–H and O–H groups in total. The Balaban J connectivity index is 1.17. The summed E-state index contributed by atoms with van der Waals surface area (Å²) in [7, 11) is 0. The lowest BCUT2D eigenvalue weighted by Crippen LogP contribution is -2.27. The van der Waals surface area contributed by atoms with Gasteiger partial charge in [0.2, 0.25) is 0 Å². The fourth-order valence-electron chi connectivity index (χ4n) is 11.0. The largest absolute Gasteiger partial charge is 0.457 e. The van der Waals surface area contributed by atoms with Crippen LogP contribution in [0.5, 0.6) is 11.5 Å². The van der Waals surface area contributed by atoms with E-state index in [4.69, 9.17) is 9.72 Å². The first-order chi connectivity index (χ1) is 35.2. The Kier molecular flexibility index (Phi) is 12.6. The van der Waals surface area contributed by atoms with E-state index in [1.165, 1.54) is 72.3 Å². The van der Waals surface area contributed by atoms with Crippen molar-refractivity contribution < 1.29 is 4.74 Å². The van der Waals surface area contributed by atoms with Crippen LogP contribution in [0.3, 0.4) is 0 Å². The van der Waals surface area contributed by atoms with Crippen LogP contribution in [-0.2, 0) is 32.5 Å². The third-order valence-electron chi connectivity index (χ3n) is 16.1. The Morgan fingerprint density at radius 2 is 0.907 bits per heavy atom. The fraction of sp³-hybridized carbons (Fsp3) is 0.329. The highest BCUT2D eigenvalue weighted by molar-refractivity contribution is 6.11. The first-order valence-corrected chi connectivity index (χ1v) is 27.0. The van der Waals surface area contributed by atoms with E-state index in [9.17, 15) is 0 Å². The van der Waals surface area contributed by atoms with Crippen LogP contribution in [0.15, 0.2) is 170 Å². The minimum absolute atomic E-state index is 0.0442. The van der Waals surface area contributed by atoms with Gasteiger partial charge in [-0.1, -0.05) is 202 Å². The number of aromatic nitrogens is 2. The second-order valence-electron chi connectivity index (χ2n) is 26.4. The number of para-hydroxylation sites is 1. The summed E-state index contributed by atoms with van der Waals surface area (Å²) in [4.78, 5) is 10.1. The number of nitrogens with zero attached hydrogens (tertiary/aromatic N) is 4. The Bertz CT molecular complexity index is 3590. The summed E-state index contributed by atoms with van der Waals surface area (Å²) in [5.41, 5.74) is 15.9. The van der Waals surface area contributed by atoms with Gasteiger partial charge in [-0.3, -0.25) is 4.57 Å². The van der Waals surface area contributed by atoms with Crippen LogP contribution in [0, 0.1) is 0 Å². The normalized spacial score (nSPS) is 13.8. The molecule has 5 nitrogen and oxygen atoms in total. The van der Waals surface area contributed by atoms with E-state index in [2.05, 4.69) is 289 Å². The van der Waals surface area contributed by atoms with E-state index in [1.54, 1.807) is 0 Å². The van der Waals surface area contributed by atoms with E-state index in [1.807, 2.05) is 6.20 Å². The molecule has 1 aliphatic heterocycles. The molecule has 3 heterocycles. The predicted octanol–water partition coefficient (Wildman–Crippen LogP) is 19.1. The van der Waals surface area contributed by atoms with E-state index < -0.39 is 0 Å². The van der Waals surface area contributed by atoms with Gasteiger partial charge in [0.15, 0.2) is 0 Å². The monoisotopic (exact) mass is 991 g/mol. The molecular weight excluding hydrogens is 913 g/mol. The quantitative estimate of drug-likeness (QED) is 0.144. The summed E-state index contributed by atoms with van der Waals surface area (Å²) < 4.78 is 9.75. The van der Waals surface area contributed by atoms with Crippen molar-refractivity contribution in [2.24, 2.45) is 0 Å². The molecule has 0 aliphatic carbocycles. The zero-order chi connectivity index (χ0) is 53.6. The number of hydrogen-bond acceptors (Lipinski definition) is 4. The third-order valence-corrected chi connectivity index (χ3v) is 16.1. The number of fused-ring (bicyclic) bond motifs is 4. The highest BCUT2D eigenvalue weighted by Gasteiger charge is 2.35. The minimum Gasteiger partial charge on any atom is -0.457 e. The van der Waals surface area contributed by atoms with Crippen molar-refractivity contribution in [1.29, 1.82) is 0 Å². The van der Waals surface area contributed by atoms with Gasteiger partial charge in [0, 0.05) is 51.3 Å². The Labute approximate surface area is 448 Å². The Morgan fingerprint density at radius 1 is 0.387 bits per heavy atom. The molecule has 75 heavy (non-hydrogen) atoms. The summed E-state index contributed by atoms with van der Waals surface area (Å²) in [5.74, 6) is 2.47. The van der Waals surface area contributed by atoms with Crippen LogP contribution in [0.4, 0.5) is 22.7 Å². The average molecular weight is 991 g/mol. The van der Waals surface area contributed by atoms with Crippen LogP contribution >= 0.6 is 0 Å². The zero-order valence-corrected chi connectivity index (χ0v) is 47.6. The minimum atomic E-state index is -0.361. The number of anilines is 4. The molecule has 5 heteroatoms. The van der Waals surface area contributed by atoms with Gasteiger partial charge in [-0.05, 0) is 127 Å². The van der Waals surface area contributed by atoms with Gasteiger partial charge in [0.1, 0.15) is 24.0 Å². The predicted molar refractivity (Wildman–Crippen MR) is 319 cm³/mol. The highest BCUT2D eigenvalue weighted by Crippen LogP contribution is 2.50. The molecule has 0 radical (unpaired) electrons. The first kappa shape index (κ1) is 51.4. The number of hydrogen-bond donors (Lipinski definition) is 0. The van der Waals surface area contributed by atoms with E-state index >= 15 is 0 Å². The molecule has 7 aromatic carbocycles. The molecule has 0 atom stereocenters. The molecule has 10 rings (SSSR count). The summed E-state index contributed by atoms with van der Waals surface area (Å²) >= 11 is 0. The average Bonchev–Trinajstić information content (AvgIpc) is 3.94. The van der Waals surface area contributed by atoms with Crippen molar-refractivity contribution in [3.8, 4) is 17.3 Å². The van der Waals surface area contributed by atoms with Crippen molar-refractivity contribution in [2.75, 3.05) is 16.5 Å². The van der Waals surface area contributed by atoms with E-state index in [-0.39, 0.29) is 32.5 Å². The molecule has 1 aliphatic rings. The summed E-state index contributed by atoms with van der Waals surface area (Å²) in [6.07, 6.45) is 1.96. The van der Waals surface area contributed by atoms with Crippen molar-refractivity contribution in [3.63, 3.8) is 0 Å². The van der Waals surface area contributed by atoms with Crippen LogP contribution in [0.25, 0.3) is 27.6 Å². The SMILES string of the molecule is CC(C)(C)c1cc(N2CN(c3cc(Oc4cc(C(C)(C)C)c5c6ccccc6n(-c6cc(C(C)(C)C)ccn6)c5c4)cc(C(C)(C)c4ccccc4)c3)c3cc(C(C)(C)C)ccc32)cc(C(C)(C)c2ccccc2)c1. The molecule has 9 aromatic rings. The van der Waals surface area contributed by atoms with Crippen LogP contribution in [-0.4, -0.2) is 16.2 Å². The summed E-state index contributed by atoms with van der Waals surface area (Å²) in [6, 6.07) is 60.9. The maximum Gasteiger partial charge on any atom is 0.137 e. The van der Waals surface area contributed by atoms with Gasteiger partial charge >= 0.3 is 0 Å². The lowest BCUT2D eigenvalue weighted by Gasteiger charge is -2.32. The van der Waals surface area contributed by atoms with Crippen molar-refractivity contribution in [2.45, 2.75) is 143 Å². The highest BCUT2D eigenvalue weighted by atomic mass is 16.5. The Hall–Kier alpha value is -7.11. The molecule has 0 fully saturated rings. The van der Waals surface area contributed by atoms with Gasteiger partial charge in [-0.25, -0.2) is 4.98 Å². The maximum absolute atomic E-state index is 7.41. The fourth-order valence-corrected chi connectivity index (χ4v) is 11.0. The molecular formula is C70H78N4O. The van der Waals surface area contributed by atoms with E-state index in [0.29, 0.717) is 6.67 Å². The van der Waals surface area contributed by atoms with E-state index in [0.717, 1.165) is 34.0 Å². The van der Waals surface area contributed by atoms with Crippen molar-refractivity contribution in [1.82, 2.24) is 9.55 Å². The van der Waals surface area contributed by atoms with Crippen molar-refractivity contribution in [3.05, 3.63) is 214 Å². The summed E-state index contributed by atoms with van der Waals surface area (Å²) in [6.45, 7) is 37.6. The third kappa shape index (κ3) is 9.64. The molecule has 384 valence electrons. The molecule has 0 bridgehead atoms. The molecule has 0 amide bonds. The molecule has 0 spiro atoms. The number of benzene rings is 7. The molecule has 2 aromatic heterocycles. The van der Waals surface area contributed by atoms with Gasteiger partial charge in [-0.15, -0.1) is 0 Å². The first-order valence-electron chi connectivity index (χ1n) is 27.0. The number of pyridine rings is 1. The van der Waals surface area contributed by atoms with Gasteiger partial charge in [0.25, 0.3) is 0 Å². The second-order valence-corrected chi connectivity index (χ2v) is 26.4. The van der Waals surface area contributed by atoms with Crippen molar-refractivity contribution >= 4 is 44.6 Å². The lowest BCUT2D eigenvalue weighted by atomic mass is 9.75. The lowest BCUT2D eigenvalue weighted by molar-refractivity contribution is 0.477. The number of rotatable bonds is 9. The molecule has 0 saturated carbocycles. The van der Waals surface area contributed by atoms with Gasteiger partial charge < -0.3 is 14.5 Å². The van der Waals surface area contributed by atoms with Gasteiger partial charge in [-0.2, -0.15) is 0 Å². The van der Waals surface area contributed by atoms with Crippen LogP contribution in [0.2, 0.25) is 0 Å². The molecule has 0 saturated heterocycles. The topological polar surface area (TPSA) is 33.5 Å². The summed E-state index contributed by atoms with van der Waals surface area (Å²) in [5, 5.41) is 2.43. The Morgan fingerprint density at radius 3 is 1.51 bits per heavy atom. The second kappa shape index (κ2) is 18.3. The maximum atomic E-state index is 7.41. The van der Waals surface area contributed by atoms with Gasteiger partial charge in [0.05, 0.1) is 22.4 Å². The number of ether oxygens (including phenoxy) is 1. The van der Waals surface area contributed by atoms with Crippen LogP contribution < -0.4 is 14.5 Å². The molecule has 0 unspecified atom stereocenters.